The summed E-state index contributed by atoms with van der Waals surface area (Å²) in [6, 6.07) is 0.479. The van der Waals surface area contributed by atoms with E-state index in [9.17, 15) is 0 Å². The third-order valence-corrected chi connectivity index (χ3v) is 4.77. The van der Waals surface area contributed by atoms with Gasteiger partial charge in [-0.05, 0) is 32.1 Å². The van der Waals surface area contributed by atoms with Gasteiger partial charge in [0.1, 0.15) is 0 Å². The Morgan fingerprint density at radius 1 is 1.00 bits per heavy atom. The maximum Gasteiger partial charge on any atom is 0.0847 e. The predicted molar refractivity (Wildman–Crippen MR) is 64.6 cm³/mol. The molecule has 4 nitrogen and oxygen atoms in total. The van der Waals surface area contributed by atoms with Crippen molar-refractivity contribution >= 4 is 0 Å². The first-order valence-electron chi connectivity index (χ1n) is 6.75. The van der Waals surface area contributed by atoms with E-state index in [4.69, 9.17) is 11.5 Å². The first-order valence-corrected chi connectivity index (χ1v) is 6.75. The summed E-state index contributed by atoms with van der Waals surface area (Å²) in [5.41, 5.74) is 12.5. The van der Waals surface area contributed by atoms with Crippen LogP contribution in [0.1, 0.15) is 51.4 Å². The second kappa shape index (κ2) is 3.67. The van der Waals surface area contributed by atoms with E-state index in [1.807, 2.05) is 0 Å². The number of nitrogens with two attached hydrogens (primary N) is 2. The van der Waals surface area contributed by atoms with E-state index < -0.39 is 0 Å². The highest BCUT2D eigenvalue weighted by Gasteiger charge is 2.52. The van der Waals surface area contributed by atoms with Gasteiger partial charge >= 0.3 is 0 Å². The van der Waals surface area contributed by atoms with Crippen molar-refractivity contribution in [1.82, 2.24) is 10.6 Å². The summed E-state index contributed by atoms with van der Waals surface area (Å²) in [4.78, 5) is 0. The van der Waals surface area contributed by atoms with E-state index >= 15 is 0 Å². The monoisotopic (exact) mass is 224 g/mol. The maximum atomic E-state index is 6.47. The standard InChI is InChI=1S/C12H24N4/c13-10-9-5-4-8-12(10,14)16-11(15-9)6-2-1-3-7-11/h9-10,15-16H,1-8,13-14H2. The summed E-state index contributed by atoms with van der Waals surface area (Å²) in [7, 11) is 0. The molecule has 1 heterocycles. The highest BCUT2D eigenvalue weighted by Crippen LogP contribution is 2.36. The zero-order valence-electron chi connectivity index (χ0n) is 9.97. The first-order chi connectivity index (χ1) is 7.64. The zero-order valence-corrected chi connectivity index (χ0v) is 9.97. The summed E-state index contributed by atoms with van der Waals surface area (Å²) in [5, 5.41) is 7.43. The molecule has 3 fully saturated rings. The second-order valence-electron chi connectivity index (χ2n) is 5.98. The van der Waals surface area contributed by atoms with Gasteiger partial charge < -0.3 is 11.5 Å². The quantitative estimate of drug-likeness (QED) is 0.480. The molecule has 3 unspecified atom stereocenters. The third kappa shape index (κ3) is 1.59. The minimum absolute atomic E-state index is 0.0637. The van der Waals surface area contributed by atoms with Gasteiger partial charge in [-0.25, -0.2) is 0 Å². The molecule has 6 N–H and O–H groups in total. The number of rotatable bonds is 0. The number of fused-ring (bicyclic) bond motifs is 2. The van der Waals surface area contributed by atoms with Crippen LogP contribution in [0.15, 0.2) is 0 Å². The molecule has 3 rings (SSSR count). The Hall–Kier alpha value is -0.160. The number of hydrogen-bond donors (Lipinski definition) is 4. The lowest BCUT2D eigenvalue weighted by Crippen LogP contribution is -2.85. The topological polar surface area (TPSA) is 76.1 Å². The molecule has 16 heavy (non-hydrogen) atoms. The Morgan fingerprint density at radius 2 is 1.75 bits per heavy atom. The molecule has 1 aliphatic heterocycles. The van der Waals surface area contributed by atoms with Crippen molar-refractivity contribution in [1.29, 1.82) is 0 Å². The van der Waals surface area contributed by atoms with Crippen LogP contribution in [0.25, 0.3) is 0 Å². The first kappa shape index (κ1) is 11.0. The van der Waals surface area contributed by atoms with Gasteiger partial charge in [0, 0.05) is 6.04 Å². The van der Waals surface area contributed by atoms with Crippen LogP contribution in [-0.4, -0.2) is 23.4 Å². The molecule has 92 valence electrons. The molecular formula is C12H24N4. The summed E-state index contributed by atoms with van der Waals surface area (Å²) in [5.74, 6) is 0. The molecule has 3 aliphatic rings. The fraction of sp³-hybridized carbons (Fsp3) is 1.00. The predicted octanol–water partition coefficient (Wildman–Crippen LogP) is 0.374. The van der Waals surface area contributed by atoms with Crippen LogP contribution >= 0.6 is 0 Å². The molecule has 4 heteroatoms. The van der Waals surface area contributed by atoms with Gasteiger partial charge in [0.25, 0.3) is 0 Å². The van der Waals surface area contributed by atoms with Gasteiger partial charge in [0.05, 0.1) is 17.4 Å². The molecule has 0 radical (unpaired) electrons. The number of hydrogen-bond acceptors (Lipinski definition) is 4. The molecule has 1 spiro atoms. The van der Waals surface area contributed by atoms with Gasteiger partial charge in [-0.15, -0.1) is 0 Å². The Kier molecular flexibility index (Phi) is 2.51. The molecule has 2 saturated carbocycles. The van der Waals surface area contributed by atoms with E-state index in [-0.39, 0.29) is 17.4 Å². The van der Waals surface area contributed by atoms with Crippen molar-refractivity contribution in [3.63, 3.8) is 0 Å². The van der Waals surface area contributed by atoms with Crippen molar-refractivity contribution in [2.45, 2.75) is 74.8 Å². The smallest absolute Gasteiger partial charge is 0.0847 e. The molecular weight excluding hydrogens is 200 g/mol. The van der Waals surface area contributed by atoms with Crippen LogP contribution in [0.4, 0.5) is 0 Å². The van der Waals surface area contributed by atoms with Crippen LogP contribution in [0.5, 0.6) is 0 Å². The average molecular weight is 224 g/mol. The fourth-order valence-corrected chi connectivity index (χ4v) is 3.89. The molecule has 1 saturated heterocycles. The van der Waals surface area contributed by atoms with E-state index in [1.165, 1.54) is 44.9 Å². The lowest BCUT2D eigenvalue weighted by molar-refractivity contribution is 0.00336. The maximum absolute atomic E-state index is 6.47. The summed E-state index contributed by atoms with van der Waals surface area (Å²) in [6.07, 6.45) is 9.77. The van der Waals surface area contributed by atoms with E-state index in [2.05, 4.69) is 10.6 Å². The van der Waals surface area contributed by atoms with Gasteiger partial charge in [-0.1, -0.05) is 19.3 Å². The molecule has 0 aromatic carbocycles. The van der Waals surface area contributed by atoms with Crippen molar-refractivity contribution in [2.75, 3.05) is 0 Å². The van der Waals surface area contributed by atoms with Crippen LogP contribution in [0, 0.1) is 0 Å². The normalized spacial score (nSPS) is 46.9. The van der Waals surface area contributed by atoms with Crippen molar-refractivity contribution in [3.8, 4) is 0 Å². The average Bonchev–Trinajstić information content (AvgIpc) is 2.24. The van der Waals surface area contributed by atoms with Crippen LogP contribution in [0.3, 0.4) is 0 Å². The molecule has 2 bridgehead atoms. The highest BCUT2D eigenvalue weighted by atomic mass is 15.3. The van der Waals surface area contributed by atoms with Gasteiger partial charge in [0.2, 0.25) is 0 Å². The third-order valence-electron chi connectivity index (χ3n) is 4.77. The Labute approximate surface area is 97.5 Å². The number of nitrogens with one attached hydrogen (secondary N) is 2. The van der Waals surface area contributed by atoms with Gasteiger partial charge in [-0.3, -0.25) is 10.6 Å². The minimum Gasteiger partial charge on any atom is -0.324 e. The Morgan fingerprint density at radius 3 is 2.44 bits per heavy atom. The lowest BCUT2D eigenvalue weighted by atomic mass is 9.74. The molecule has 0 aromatic rings. The second-order valence-corrected chi connectivity index (χ2v) is 5.98. The van der Waals surface area contributed by atoms with E-state index in [1.54, 1.807) is 0 Å². The fourth-order valence-electron chi connectivity index (χ4n) is 3.89. The van der Waals surface area contributed by atoms with Crippen molar-refractivity contribution in [2.24, 2.45) is 11.5 Å². The van der Waals surface area contributed by atoms with Gasteiger partial charge in [0.15, 0.2) is 0 Å². The Balaban J connectivity index is 1.85. The van der Waals surface area contributed by atoms with Crippen molar-refractivity contribution in [3.05, 3.63) is 0 Å². The molecule has 2 aliphatic carbocycles. The zero-order chi connectivity index (χ0) is 11.2. The van der Waals surface area contributed by atoms with E-state index in [0.29, 0.717) is 6.04 Å². The minimum atomic E-state index is -0.328. The van der Waals surface area contributed by atoms with Gasteiger partial charge in [-0.2, -0.15) is 0 Å². The summed E-state index contributed by atoms with van der Waals surface area (Å²) >= 11 is 0. The summed E-state index contributed by atoms with van der Waals surface area (Å²) in [6.45, 7) is 0. The van der Waals surface area contributed by atoms with E-state index in [0.717, 1.165) is 6.42 Å². The van der Waals surface area contributed by atoms with Crippen LogP contribution in [0.2, 0.25) is 0 Å². The Bertz CT molecular complexity index is 274. The molecule has 0 amide bonds. The lowest BCUT2D eigenvalue weighted by Gasteiger charge is -2.58. The van der Waals surface area contributed by atoms with Crippen molar-refractivity contribution < 1.29 is 0 Å². The largest absolute Gasteiger partial charge is 0.324 e. The van der Waals surface area contributed by atoms with Crippen LogP contribution in [-0.2, 0) is 0 Å². The molecule has 0 aromatic heterocycles. The highest BCUT2D eigenvalue weighted by molar-refractivity contribution is 5.12. The summed E-state index contributed by atoms with van der Waals surface area (Å²) < 4.78 is 0. The molecule has 3 atom stereocenters. The van der Waals surface area contributed by atoms with Crippen LogP contribution < -0.4 is 22.1 Å². The SMILES string of the molecule is NC1C2CCCC1(N)NC1(CCCCC1)N2.